The molecule has 0 fully saturated rings. The molecule has 0 aromatic heterocycles. The lowest BCUT2D eigenvalue weighted by Crippen LogP contribution is -2.12. The van der Waals surface area contributed by atoms with E-state index in [0.29, 0.717) is 16.3 Å². The molecule has 0 spiro atoms. The third-order valence-electron chi connectivity index (χ3n) is 3.45. The molecule has 1 aliphatic heterocycles. The van der Waals surface area contributed by atoms with E-state index in [1.807, 2.05) is 37.3 Å². The van der Waals surface area contributed by atoms with Crippen LogP contribution in [-0.4, -0.2) is 12.5 Å². The van der Waals surface area contributed by atoms with Crippen molar-refractivity contribution in [1.82, 2.24) is 0 Å². The van der Waals surface area contributed by atoms with Crippen LogP contribution in [0.3, 0.4) is 0 Å². The Morgan fingerprint density at radius 1 is 1.25 bits per heavy atom. The van der Waals surface area contributed by atoms with Crippen LogP contribution in [0.4, 0.5) is 11.4 Å². The number of nitrogens with one attached hydrogen (secondary N) is 2. The van der Waals surface area contributed by atoms with E-state index in [2.05, 4.69) is 10.6 Å². The Balaban J connectivity index is 1.84. The number of fused-ring (bicyclic) bond motifs is 1. The number of rotatable bonds is 2. The van der Waals surface area contributed by atoms with Gasteiger partial charge in [-0.3, -0.25) is 4.79 Å². The van der Waals surface area contributed by atoms with Gasteiger partial charge in [0.25, 0.3) is 5.91 Å². The number of anilines is 2. The zero-order chi connectivity index (χ0) is 14.1. The van der Waals surface area contributed by atoms with E-state index >= 15 is 0 Å². The number of hydrogen-bond acceptors (Lipinski definition) is 2. The van der Waals surface area contributed by atoms with Crippen molar-refractivity contribution in [2.24, 2.45) is 0 Å². The Morgan fingerprint density at radius 3 is 2.95 bits per heavy atom. The van der Waals surface area contributed by atoms with Crippen LogP contribution < -0.4 is 10.6 Å². The third kappa shape index (κ3) is 2.49. The molecular formula is C16H15ClN2O. The van der Waals surface area contributed by atoms with Crippen molar-refractivity contribution in [3.8, 4) is 0 Å². The van der Waals surface area contributed by atoms with Crippen LogP contribution in [0, 0.1) is 6.92 Å². The summed E-state index contributed by atoms with van der Waals surface area (Å²) in [5.41, 5.74) is 4.67. The van der Waals surface area contributed by atoms with Gasteiger partial charge >= 0.3 is 0 Å². The summed E-state index contributed by atoms with van der Waals surface area (Å²) in [6.07, 6.45) is 0.960. The molecule has 1 amide bonds. The summed E-state index contributed by atoms with van der Waals surface area (Å²) in [4.78, 5) is 12.3. The second kappa shape index (κ2) is 5.17. The lowest BCUT2D eigenvalue weighted by Gasteiger charge is -2.09. The number of carbonyl (C=O) groups is 1. The van der Waals surface area contributed by atoms with Crippen LogP contribution in [-0.2, 0) is 6.42 Å². The maximum absolute atomic E-state index is 12.3. The van der Waals surface area contributed by atoms with Gasteiger partial charge in [-0.15, -0.1) is 0 Å². The summed E-state index contributed by atoms with van der Waals surface area (Å²) in [7, 11) is 0. The normalized spacial score (nSPS) is 12.7. The standard InChI is InChI=1S/C16H15ClN2O/c1-10-2-4-13(17)15(8-10)19-16(20)12-3-5-14-11(9-12)6-7-18-14/h2-5,8-9,18H,6-7H2,1H3,(H,19,20). The van der Waals surface area contributed by atoms with Crippen molar-refractivity contribution in [3.63, 3.8) is 0 Å². The average Bonchev–Trinajstić information content (AvgIpc) is 2.90. The van der Waals surface area contributed by atoms with Crippen LogP contribution in [0.25, 0.3) is 0 Å². The smallest absolute Gasteiger partial charge is 0.255 e. The quantitative estimate of drug-likeness (QED) is 0.880. The monoisotopic (exact) mass is 286 g/mol. The van der Waals surface area contributed by atoms with E-state index in [-0.39, 0.29) is 5.91 Å². The predicted molar refractivity (Wildman–Crippen MR) is 82.8 cm³/mol. The third-order valence-corrected chi connectivity index (χ3v) is 3.78. The summed E-state index contributed by atoms with van der Waals surface area (Å²) in [6.45, 7) is 2.90. The van der Waals surface area contributed by atoms with Crippen LogP contribution in [0.1, 0.15) is 21.5 Å². The highest BCUT2D eigenvalue weighted by atomic mass is 35.5. The molecule has 2 aromatic carbocycles. The average molecular weight is 287 g/mol. The second-order valence-electron chi connectivity index (χ2n) is 4.99. The molecule has 20 heavy (non-hydrogen) atoms. The fourth-order valence-corrected chi connectivity index (χ4v) is 2.54. The lowest BCUT2D eigenvalue weighted by molar-refractivity contribution is 0.102. The highest BCUT2D eigenvalue weighted by Crippen LogP contribution is 2.26. The minimum absolute atomic E-state index is 0.132. The van der Waals surface area contributed by atoms with Crippen molar-refractivity contribution in [3.05, 3.63) is 58.1 Å². The van der Waals surface area contributed by atoms with Gasteiger partial charge in [0, 0.05) is 17.8 Å². The Bertz CT molecular complexity index is 682. The first-order valence-corrected chi connectivity index (χ1v) is 6.95. The number of carbonyl (C=O) groups excluding carboxylic acids is 1. The summed E-state index contributed by atoms with van der Waals surface area (Å²) in [6, 6.07) is 11.3. The first-order chi connectivity index (χ1) is 9.63. The van der Waals surface area contributed by atoms with Crippen molar-refractivity contribution >= 4 is 28.9 Å². The maximum Gasteiger partial charge on any atom is 0.255 e. The molecule has 2 N–H and O–H groups in total. The molecular weight excluding hydrogens is 272 g/mol. The van der Waals surface area contributed by atoms with Gasteiger partial charge in [0.2, 0.25) is 0 Å². The predicted octanol–water partition coefficient (Wildman–Crippen LogP) is 3.87. The van der Waals surface area contributed by atoms with Crippen molar-refractivity contribution in [2.75, 3.05) is 17.2 Å². The molecule has 3 rings (SSSR count). The molecule has 0 radical (unpaired) electrons. The molecule has 2 aromatic rings. The number of amides is 1. The van der Waals surface area contributed by atoms with Crippen LogP contribution >= 0.6 is 11.6 Å². The summed E-state index contributed by atoms with van der Waals surface area (Å²) in [5.74, 6) is -0.132. The summed E-state index contributed by atoms with van der Waals surface area (Å²) in [5, 5.41) is 6.69. The van der Waals surface area contributed by atoms with E-state index in [1.165, 1.54) is 5.56 Å². The van der Waals surface area contributed by atoms with E-state index < -0.39 is 0 Å². The van der Waals surface area contributed by atoms with Gasteiger partial charge in [-0.25, -0.2) is 0 Å². The highest BCUT2D eigenvalue weighted by Gasteiger charge is 2.14. The van der Waals surface area contributed by atoms with Gasteiger partial charge in [0.1, 0.15) is 0 Å². The number of hydrogen-bond donors (Lipinski definition) is 2. The van der Waals surface area contributed by atoms with Gasteiger partial charge in [-0.05, 0) is 54.8 Å². The van der Waals surface area contributed by atoms with Crippen molar-refractivity contribution in [1.29, 1.82) is 0 Å². The maximum atomic E-state index is 12.3. The van der Waals surface area contributed by atoms with Gasteiger partial charge in [-0.1, -0.05) is 17.7 Å². The first-order valence-electron chi connectivity index (χ1n) is 6.58. The Hall–Kier alpha value is -2.00. The largest absolute Gasteiger partial charge is 0.384 e. The number of halogens is 1. The molecule has 1 heterocycles. The fraction of sp³-hybridized carbons (Fsp3) is 0.188. The molecule has 0 aliphatic carbocycles. The van der Waals surface area contributed by atoms with Crippen LogP contribution in [0.5, 0.6) is 0 Å². The summed E-state index contributed by atoms with van der Waals surface area (Å²) >= 11 is 6.10. The zero-order valence-corrected chi connectivity index (χ0v) is 11.9. The van der Waals surface area contributed by atoms with E-state index in [0.717, 1.165) is 24.2 Å². The number of benzene rings is 2. The van der Waals surface area contributed by atoms with E-state index in [1.54, 1.807) is 6.07 Å². The van der Waals surface area contributed by atoms with Crippen LogP contribution in [0.2, 0.25) is 5.02 Å². The highest BCUT2D eigenvalue weighted by molar-refractivity contribution is 6.34. The van der Waals surface area contributed by atoms with Gasteiger partial charge in [0.05, 0.1) is 10.7 Å². The van der Waals surface area contributed by atoms with Crippen LogP contribution in [0.15, 0.2) is 36.4 Å². The lowest BCUT2D eigenvalue weighted by atomic mass is 10.1. The van der Waals surface area contributed by atoms with Crippen molar-refractivity contribution < 1.29 is 4.79 Å². The molecule has 102 valence electrons. The minimum atomic E-state index is -0.132. The van der Waals surface area contributed by atoms with Gasteiger partial charge in [-0.2, -0.15) is 0 Å². The van der Waals surface area contributed by atoms with Gasteiger partial charge < -0.3 is 10.6 Å². The molecule has 4 heteroatoms. The molecule has 1 aliphatic rings. The van der Waals surface area contributed by atoms with E-state index in [4.69, 9.17) is 11.6 Å². The summed E-state index contributed by atoms with van der Waals surface area (Å²) < 4.78 is 0. The fourth-order valence-electron chi connectivity index (χ4n) is 2.38. The Morgan fingerprint density at radius 2 is 2.10 bits per heavy atom. The zero-order valence-electron chi connectivity index (χ0n) is 11.2. The topological polar surface area (TPSA) is 41.1 Å². The molecule has 3 nitrogen and oxygen atoms in total. The molecule has 0 unspecified atom stereocenters. The first kappa shape index (κ1) is 13.0. The Kier molecular flexibility index (Phi) is 3.36. The molecule has 0 atom stereocenters. The molecule has 0 saturated carbocycles. The SMILES string of the molecule is Cc1ccc(Cl)c(NC(=O)c2ccc3c(c2)CCN3)c1. The molecule has 0 saturated heterocycles. The van der Waals surface area contributed by atoms with Crippen molar-refractivity contribution in [2.45, 2.75) is 13.3 Å². The number of aryl methyl sites for hydroxylation is 1. The van der Waals surface area contributed by atoms with E-state index in [9.17, 15) is 4.79 Å². The Labute approximate surface area is 123 Å². The minimum Gasteiger partial charge on any atom is -0.384 e. The van der Waals surface area contributed by atoms with Gasteiger partial charge in [0.15, 0.2) is 0 Å². The second-order valence-corrected chi connectivity index (χ2v) is 5.39. The molecule has 0 bridgehead atoms.